The highest BCUT2D eigenvalue weighted by Crippen LogP contribution is 2.60. The fraction of sp³-hybridized carbons (Fsp3) is 0.0864. The summed E-state index contributed by atoms with van der Waals surface area (Å²) in [5, 5.41) is 0. The van der Waals surface area contributed by atoms with Crippen LogP contribution >= 0.6 is 0 Å². The molecule has 2 heterocycles. The van der Waals surface area contributed by atoms with Gasteiger partial charge in [0, 0.05) is 56.1 Å². The van der Waals surface area contributed by atoms with E-state index >= 15 is 0 Å². The molecular formula is C81H58N4O2. The summed E-state index contributed by atoms with van der Waals surface area (Å²) in [7, 11) is 0. The van der Waals surface area contributed by atoms with E-state index in [1.54, 1.807) is 0 Å². The molecule has 0 radical (unpaired) electrons. The largest absolute Gasteiger partial charge is 0.436 e. The number of anilines is 6. The van der Waals surface area contributed by atoms with E-state index in [0.717, 1.165) is 67.5 Å². The minimum absolute atomic E-state index is 0.221. The van der Waals surface area contributed by atoms with E-state index in [-0.39, 0.29) is 10.8 Å². The third kappa shape index (κ3) is 7.67. The number of oxazole rings is 2. The molecule has 3 aliphatic rings. The Kier molecular flexibility index (Phi) is 11.1. The van der Waals surface area contributed by atoms with Gasteiger partial charge in [-0.3, -0.25) is 0 Å². The zero-order valence-corrected chi connectivity index (χ0v) is 48.7. The Morgan fingerprint density at radius 1 is 0.276 bits per heavy atom. The summed E-state index contributed by atoms with van der Waals surface area (Å²) in [6.45, 7) is 9.42. The van der Waals surface area contributed by atoms with Crippen LogP contribution in [-0.2, 0) is 16.2 Å². The number of hydrogen-bond donors (Lipinski definition) is 0. The van der Waals surface area contributed by atoms with Crippen molar-refractivity contribution in [2.45, 2.75) is 43.9 Å². The number of aromatic nitrogens is 2. The summed E-state index contributed by atoms with van der Waals surface area (Å²) in [6, 6.07) is 102. The smallest absolute Gasteiger partial charge is 0.227 e. The molecule has 87 heavy (non-hydrogen) atoms. The highest BCUT2D eigenvalue weighted by Gasteiger charge is 2.47. The van der Waals surface area contributed by atoms with Crippen molar-refractivity contribution in [1.82, 2.24) is 9.97 Å². The molecule has 0 saturated carbocycles. The van der Waals surface area contributed by atoms with Crippen LogP contribution in [0.15, 0.2) is 288 Å². The molecule has 0 fully saturated rings. The number of fused-ring (bicyclic) bond motifs is 11. The molecule has 12 aromatic carbocycles. The van der Waals surface area contributed by atoms with Gasteiger partial charge in [-0.05, 0) is 187 Å². The van der Waals surface area contributed by atoms with Crippen molar-refractivity contribution in [3.05, 3.63) is 324 Å². The third-order valence-electron chi connectivity index (χ3n) is 19.0. The fourth-order valence-electron chi connectivity index (χ4n) is 14.8. The highest BCUT2D eigenvalue weighted by atomic mass is 16.4. The zero-order valence-electron chi connectivity index (χ0n) is 48.7. The zero-order chi connectivity index (χ0) is 58.2. The second-order valence-electron chi connectivity index (χ2n) is 24.5. The van der Waals surface area contributed by atoms with Gasteiger partial charge in [-0.2, -0.15) is 0 Å². The summed E-state index contributed by atoms with van der Waals surface area (Å²) < 4.78 is 12.9. The van der Waals surface area contributed by atoms with E-state index in [2.05, 4.69) is 268 Å². The van der Waals surface area contributed by atoms with Gasteiger partial charge < -0.3 is 18.6 Å². The van der Waals surface area contributed by atoms with E-state index < -0.39 is 5.41 Å². The molecule has 0 bridgehead atoms. The second-order valence-corrected chi connectivity index (χ2v) is 24.5. The predicted molar refractivity (Wildman–Crippen MR) is 354 cm³/mol. The second kappa shape index (κ2) is 19.1. The topological polar surface area (TPSA) is 58.5 Å². The van der Waals surface area contributed by atoms with Crippen LogP contribution in [0.3, 0.4) is 0 Å². The summed E-state index contributed by atoms with van der Waals surface area (Å²) in [5.74, 6) is 1.16. The molecule has 6 heteroatoms. The van der Waals surface area contributed by atoms with Crippen LogP contribution in [0.1, 0.15) is 72.2 Å². The summed E-state index contributed by atoms with van der Waals surface area (Å²) in [4.78, 5) is 14.8. The Morgan fingerprint density at radius 3 is 1.02 bits per heavy atom. The van der Waals surface area contributed by atoms with Gasteiger partial charge in [-0.15, -0.1) is 0 Å². The lowest BCUT2D eigenvalue weighted by Gasteiger charge is -2.36. The molecule has 3 aliphatic carbocycles. The van der Waals surface area contributed by atoms with Crippen LogP contribution < -0.4 is 9.80 Å². The molecule has 14 aromatic rings. The molecule has 2 aromatic heterocycles. The lowest BCUT2D eigenvalue weighted by molar-refractivity contribution is 0.619. The molecule has 0 N–H and O–H groups in total. The molecule has 0 amide bonds. The molecule has 0 aliphatic heterocycles. The van der Waals surface area contributed by atoms with Gasteiger partial charge in [0.15, 0.2) is 11.2 Å². The summed E-state index contributed by atoms with van der Waals surface area (Å²) in [5.41, 5.74) is 27.4. The first-order valence-corrected chi connectivity index (χ1v) is 30.0. The first kappa shape index (κ1) is 50.7. The van der Waals surface area contributed by atoms with Crippen LogP contribution in [0.4, 0.5) is 34.1 Å². The van der Waals surface area contributed by atoms with Gasteiger partial charge >= 0.3 is 0 Å². The lowest BCUT2D eigenvalue weighted by atomic mass is 9.67. The van der Waals surface area contributed by atoms with Crippen molar-refractivity contribution in [3.63, 3.8) is 0 Å². The van der Waals surface area contributed by atoms with Gasteiger partial charge in [0.25, 0.3) is 0 Å². The van der Waals surface area contributed by atoms with E-state index in [4.69, 9.17) is 18.8 Å². The van der Waals surface area contributed by atoms with E-state index in [0.29, 0.717) is 11.8 Å². The van der Waals surface area contributed by atoms with Gasteiger partial charge in [-0.1, -0.05) is 198 Å². The minimum atomic E-state index is -0.778. The highest BCUT2D eigenvalue weighted by molar-refractivity contribution is 5.94. The monoisotopic (exact) mass is 1120 g/mol. The third-order valence-corrected chi connectivity index (χ3v) is 19.0. The normalized spacial score (nSPS) is 14.3. The maximum atomic E-state index is 6.47. The first-order valence-electron chi connectivity index (χ1n) is 30.0. The first-order chi connectivity index (χ1) is 42.6. The van der Waals surface area contributed by atoms with Crippen molar-refractivity contribution in [3.8, 4) is 56.3 Å². The minimum Gasteiger partial charge on any atom is -0.436 e. The van der Waals surface area contributed by atoms with Crippen LogP contribution in [-0.4, -0.2) is 9.97 Å². The Labute approximate surface area is 506 Å². The quantitative estimate of drug-likeness (QED) is 0.136. The number of rotatable bonds is 10. The SMILES string of the molecule is CC1(C)c2ccccc2-c2ccc(N(c3cccc(-c4nc5ccccc5o4)c3)c3ccc4c(c3)C(c3ccccc3)(c3ccccc3)c3cc(N(c5cccc(-c6nc7ccccc7o6)c5)c5ccc6c(c5)C(C)(C)c5ccccc5-6)ccc3-4)cc21. The molecular weight excluding hydrogens is 1060 g/mol. The fourth-order valence-corrected chi connectivity index (χ4v) is 14.8. The standard InChI is InChI=1S/C81H58N4O2/c1-79(2)67-31-13-11-29-61(67)63-41-37-57(47-69(63)79)84(55-27-19-21-51(45-55)77-82-73-33-15-17-35-75(73)86-77)59-39-43-65-66-44-40-60(50-72(66)81(71(65)49-59,53-23-7-5-8-24-53)54-25-9-6-10-26-54)85(56-28-20-22-52(46-56)78-83-74-34-16-18-36-76(74)87-78)58-38-42-64-62-30-12-14-32-68(62)80(3,4)70(64)48-58/h5-50H,1-4H3. The maximum Gasteiger partial charge on any atom is 0.227 e. The Bertz CT molecular complexity index is 4700. The van der Waals surface area contributed by atoms with Crippen LogP contribution in [0.25, 0.3) is 78.5 Å². The number of nitrogens with zero attached hydrogens (tertiary/aromatic N) is 4. The number of hydrogen-bond acceptors (Lipinski definition) is 6. The molecule has 0 atom stereocenters. The Morgan fingerprint density at radius 2 is 0.609 bits per heavy atom. The number of benzene rings is 12. The maximum absolute atomic E-state index is 6.47. The molecule has 0 spiro atoms. The van der Waals surface area contributed by atoms with Crippen molar-refractivity contribution in [2.24, 2.45) is 0 Å². The van der Waals surface area contributed by atoms with Crippen LogP contribution in [0.5, 0.6) is 0 Å². The van der Waals surface area contributed by atoms with Crippen molar-refractivity contribution in [1.29, 1.82) is 0 Å². The van der Waals surface area contributed by atoms with Crippen molar-refractivity contribution in [2.75, 3.05) is 9.80 Å². The van der Waals surface area contributed by atoms with E-state index in [9.17, 15) is 0 Å². The average molecular weight is 1120 g/mol. The molecule has 17 rings (SSSR count). The van der Waals surface area contributed by atoms with E-state index in [1.807, 2.05) is 48.5 Å². The molecule has 414 valence electrons. The lowest BCUT2D eigenvalue weighted by Crippen LogP contribution is -2.29. The van der Waals surface area contributed by atoms with Crippen LogP contribution in [0, 0.1) is 0 Å². The summed E-state index contributed by atoms with van der Waals surface area (Å²) in [6.07, 6.45) is 0. The van der Waals surface area contributed by atoms with Gasteiger partial charge in [0.2, 0.25) is 11.8 Å². The average Bonchev–Trinajstić information content (AvgIpc) is 1.59. The molecule has 0 saturated heterocycles. The van der Waals surface area contributed by atoms with Gasteiger partial charge in [-0.25, -0.2) is 9.97 Å². The molecule has 0 unspecified atom stereocenters. The predicted octanol–water partition coefficient (Wildman–Crippen LogP) is 21.2. The Balaban J connectivity index is 0.884. The number of para-hydroxylation sites is 4. The molecule has 6 nitrogen and oxygen atoms in total. The van der Waals surface area contributed by atoms with Crippen molar-refractivity contribution < 1.29 is 8.83 Å². The Hall–Kier alpha value is -10.8. The summed E-state index contributed by atoms with van der Waals surface area (Å²) >= 11 is 0. The van der Waals surface area contributed by atoms with Crippen molar-refractivity contribution >= 4 is 56.3 Å². The van der Waals surface area contributed by atoms with Gasteiger partial charge in [0.05, 0.1) is 5.41 Å². The van der Waals surface area contributed by atoms with Gasteiger partial charge in [0.1, 0.15) is 11.0 Å². The van der Waals surface area contributed by atoms with Crippen LogP contribution in [0.2, 0.25) is 0 Å². The van der Waals surface area contributed by atoms with E-state index in [1.165, 1.54) is 77.9 Å².